The summed E-state index contributed by atoms with van der Waals surface area (Å²) >= 11 is -2.77. The van der Waals surface area contributed by atoms with Crippen LogP contribution in [0.1, 0.15) is 39.5 Å². The maximum absolute atomic E-state index is 9.80. The van der Waals surface area contributed by atoms with E-state index in [-0.39, 0.29) is 0 Å². The van der Waals surface area contributed by atoms with Crippen molar-refractivity contribution < 1.29 is 29.7 Å². The third-order valence-electron chi connectivity index (χ3n) is 2.54. The van der Waals surface area contributed by atoms with Crippen LogP contribution < -0.4 is 0 Å². The van der Waals surface area contributed by atoms with Crippen LogP contribution in [0.4, 0.5) is 5.25 Å². The maximum atomic E-state index is 9.80. The van der Waals surface area contributed by atoms with Gasteiger partial charge in [-0.3, -0.25) is 0 Å². The molecule has 0 atom stereocenters. The number of hydrogen-bond donors (Lipinski definition) is 0. The van der Waals surface area contributed by atoms with E-state index in [1.54, 1.807) is 0 Å². The van der Waals surface area contributed by atoms with E-state index >= 15 is 0 Å². The van der Waals surface area contributed by atoms with Crippen molar-refractivity contribution in [3.63, 3.8) is 0 Å². The molecule has 10 radical (unpaired) electrons. The molecule has 0 aromatic carbocycles. The van der Waals surface area contributed by atoms with Crippen molar-refractivity contribution in [3.8, 4) is 0 Å². The second kappa shape index (κ2) is 15.1. The molecule has 0 bridgehead atoms. The van der Waals surface area contributed by atoms with Gasteiger partial charge in [0.25, 0.3) is 0 Å². The molecule has 0 heterocycles. The summed E-state index contributed by atoms with van der Waals surface area (Å²) in [6, 6.07) is 0. The first-order chi connectivity index (χ1) is 9.28. The number of hydrogen-bond acceptors (Lipinski definition) is 0. The molecule has 2 rings (SSSR count). The van der Waals surface area contributed by atoms with Crippen LogP contribution in [0.25, 0.3) is 0 Å². The normalized spacial score (nSPS) is 19.2. The van der Waals surface area contributed by atoms with Crippen LogP contribution in [-0.4, -0.2) is 0 Å². The molecular formula is C16H22F2Zr+2. The summed E-state index contributed by atoms with van der Waals surface area (Å²) in [5.41, 5.74) is 0. The Labute approximate surface area is 132 Å². The molecule has 2 saturated carbocycles. The Hall–Kier alpha value is 0.743. The molecular weight excluding hydrogens is 321 g/mol. The van der Waals surface area contributed by atoms with Gasteiger partial charge in [-0.2, -0.15) is 0 Å². The second-order valence-corrected chi connectivity index (χ2v) is 4.51. The van der Waals surface area contributed by atoms with Crippen molar-refractivity contribution in [1.29, 1.82) is 0 Å². The molecule has 0 aromatic rings. The molecule has 2 fully saturated rings. The Morgan fingerprint density at radius 2 is 1.00 bits per heavy atom. The van der Waals surface area contributed by atoms with Gasteiger partial charge in [0.05, 0.1) is 0 Å². The number of rotatable bonds is 4. The van der Waals surface area contributed by atoms with Gasteiger partial charge in [0, 0.05) is 0 Å². The first-order valence-corrected chi connectivity index (χ1v) is 8.51. The fourth-order valence-electron chi connectivity index (χ4n) is 1.74. The van der Waals surface area contributed by atoms with Gasteiger partial charge < -0.3 is 0 Å². The quantitative estimate of drug-likeness (QED) is 0.656. The topological polar surface area (TPSA) is 0 Å². The van der Waals surface area contributed by atoms with E-state index in [1.807, 2.05) is 0 Å². The molecule has 0 spiro atoms. The van der Waals surface area contributed by atoms with Crippen molar-refractivity contribution in [2.24, 2.45) is 0 Å². The van der Waals surface area contributed by atoms with E-state index < -0.39 is 24.5 Å². The Balaban J connectivity index is 0.000000284. The van der Waals surface area contributed by atoms with Gasteiger partial charge >= 0.3 is 29.7 Å². The third-order valence-corrected chi connectivity index (χ3v) is 2.54. The third kappa shape index (κ3) is 12.2. The molecule has 0 N–H and O–H groups in total. The predicted octanol–water partition coefficient (Wildman–Crippen LogP) is 5.22. The molecule has 102 valence electrons. The first-order valence-electron chi connectivity index (χ1n) is 6.65. The van der Waals surface area contributed by atoms with Gasteiger partial charge in [-0.1, -0.05) is 26.7 Å². The molecule has 0 unspecified atom stereocenters. The molecule has 2 aliphatic rings. The van der Waals surface area contributed by atoms with Crippen LogP contribution in [0.15, 0.2) is 0 Å². The molecule has 0 nitrogen and oxygen atoms in total. The van der Waals surface area contributed by atoms with Crippen molar-refractivity contribution in [1.82, 2.24) is 0 Å². The van der Waals surface area contributed by atoms with Crippen LogP contribution in [0.2, 0.25) is 0 Å². The molecule has 2 aliphatic carbocycles. The molecule has 0 aromatic heterocycles. The van der Waals surface area contributed by atoms with E-state index in [4.69, 9.17) is 0 Å². The molecule has 0 aliphatic heterocycles. The zero-order valence-corrected chi connectivity index (χ0v) is 14.2. The first kappa shape index (κ1) is 19.7. The van der Waals surface area contributed by atoms with E-state index in [0.29, 0.717) is 0 Å². The fraction of sp³-hybridized carbons (Fsp3) is 0.375. The van der Waals surface area contributed by atoms with Gasteiger partial charge in [-0.25, -0.2) is 0 Å². The van der Waals surface area contributed by atoms with E-state index in [2.05, 4.69) is 65.2 Å². The summed E-state index contributed by atoms with van der Waals surface area (Å²) in [7, 11) is 0. The van der Waals surface area contributed by atoms with Crippen LogP contribution in [-0.2, 0) is 24.5 Å². The van der Waals surface area contributed by atoms with Crippen molar-refractivity contribution >= 4 is 0 Å². The minimum atomic E-state index is -2.77. The summed E-state index contributed by atoms with van der Waals surface area (Å²) in [5.74, 6) is 2.93. The van der Waals surface area contributed by atoms with Crippen molar-refractivity contribution in [2.75, 3.05) is 0 Å². The monoisotopic (exact) mass is 342 g/mol. The minimum absolute atomic E-state index is 1.23. The van der Waals surface area contributed by atoms with Crippen LogP contribution in [0.5, 0.6) is 0 Å². The van der Waals surface area contributed by atoms with Crippen LogP contribution in [0.3, 0.4) is 0 Å². The SMILES string of the molecule is CCC[C]1[CH][CH][CH][CH]1.CCC[C]1[CH][CH][CH][CH]1.[F][Zr+2][F]. The molecule has 3 heteroatoms. The number of halogens is 2. The summed E-state index contributed by atoms with van der Waals surface area (Å²) in [5, 5.41) is 0. The Morgan fingerprint density at radius 3 is 1.21 bits per heavy atom. The summed E-state index contributed by atoms with van der Waals surface area (Å²) in [4.78, 5) is 0. The van der Waals surface area contributed by atoms with E-state index in [9.17, 15) is 5.25 Å². The standard InChI is InChI=1S/2C8H11.2FH.Zr/c2*1-2-5-8-6-3-4-7-8;;;/h2*3-4,6-7H,2,5H2,1H3;2*1H;/q;;;;+4/p-2. The molecule has 0 amide bonds. The average Bonchev–Trinajstić information content (AvgIpc) is 3.05. The molecule has 0 saturated heterocycles. The summed E-state index contributed by atoms with van der Waals surface area (Å²) in [6.07, 6.45) is 22.0. The van der Waals surface area contributed by atoms with Gasteiger partial charge in [0.15, 0.2) is 0 Å². The van der Waals surface area contributed by atoms with Gasteiger partial charge in [0.1, 0.15) is 0 Å². The average molecular weight is 344 g/mol. The van der Waals surface area contributed by atoms with Gasteiger partial charge in [-0.05, 0) is 76.0 Å². The molecule has 19 heavy (non-hydrogen) atoms. The van der Waals surface area contributed by atoms with Crippen molar-refractivity contribution in [3.05, 3.63) is 63.2 Å². The Bertz CT molecular complexity index is 146. The van der Waals surface area contributed by atoms with E-state index in [1.165, 1.54) is 37.5 Å². The summed E-state index contributed by atoms with van der Waals surface area (Å²) < 4.78 is 19.6. The van der Waals surface area contributed by atoms with Gasteiger partial charge in [-0.15, -0.1) is 0 Å². The van der Waals surface area contributed by atoms with Crippen LogP contribution >= 0.6 is 0 Å². The Morgan fingerprint density at radius 1 is 0.737 bits per heavy atom. The zero-order chi connectivity index (χ0) is 14.3. The zero-order valence-electron chi connectivity index (χ0n) is 11.7. The fourth-order valence-corrected chi connectivity index (χ4v) is 1.74. The predicted molar refractivity (Wildman–Crippen MR) is 72.9 cm³/mol. The van der Waals surface area contributed by atoms with Crippen LogP contribution in [0, 0.1) is 63.2 Å². The van der Waals surface area contributed by atoms with E-state index in [0.717, 1.165) is 0 Å². The van der Waals surface area contributed by atoms with Gasteiger partial charge in [0.2, 0.25) is 0 Å². The second-order valence-electron chi connectivity index (χ2n) is 4.16. The summed E-state index contributed by atoms with van der Waals surface area (Å²) in [6.45, 7) is 4.40. The Kier molecular flexibility index (Phi) is 15.7. The van der Waals surface area contributed by atoms with Crippen molar-refractivity contribution in [2.45, 2.75) is 39.5 Å².